The Morgan fingerprint density at radius 3 is 2.40 bits per heavy atom. The van der Waals surface area contributed by atoms with Gasteiger partial charge in [0.1, 0.15) is 0 Å². The van der Waals surface area contributed by atoms with E-state index < -0.39 is 33.4 Å². The van der Waals surface area contributed by atoms with Gasteiger partial charge in [-0.3, -0.25) is 14.9 Å². The number of non-ortho nitro benzene ring substituents is 1. The average molecular weight is 433 g/mol. The van der Waals surface area contributed by atoms with Gasteiger partial charge in [0.15, 0.2) is 6.61 Å². The summed E-state index contributed by atoms with van der Waals surface area (Å²) in [5, 5.41) is 13.2. The molecule has 0 bridgehead atoms. The van der Waals surface area contributed by atoms with Crippen LogP contribution in [0.25, 0.3) is 0 Å². The van der Waals surface area contributed by atoms with Crippen molar-refractivity contribution in [2.24, 2.45) is 0 Å². The maximum atomic E-state index is 12.5. The summed E-state index contributed by atoms with van der Waals surface area (Å²) < 4.78 is 31.3. The van der Waals surface area contributed by atoms with Gasteiger partial charge < -0.3 is 10.1 Å². The van der Waals surface area contributed by atoms with Crippen molar-refractivity contribution in [3.8, 4) is 0 Å². The molecule has 3 rings (SSSR count). The third-order valence-electron chi connectivity index (χ3n) is 4.47. The van der Waals surface area contributed by atoms with E-state index in [-0.39, 0.29) is 21.8 Å². The Morgan fingerprint density at radius 2 is 1.77 bits per heavy atom. The maximum absolute atomic E-state index is 12.5. The molecule has 1 heterocycles. The first-order valence-corrected chi connectivity index (χ1v) is 10.5. The zero-order chi connectivity index (χ0) is 21.7. The number of nitro benzene ring substituents is 1. The van der Waals surface area contributed by atoms with Crippen molar-refractivity contribution in [2.45, 2.75) is 17.7 Å². The van der Waals surface area contributed by atoms with E-state index in [0.717, 1.165) is 12.8 Å². The molecule has 0 unspecified atom stereocenters. The quantitative estimate of drug-likeness (QED) is 0.401. The third kappa shape index (κ3) is 4.99. The number of anilines is 1. The number of nitro groups is 1. The first kappa shape index (κ1) is 21.4. The highest BCUT2D eigenvalue weighted by molar-refractivity contribution is 7.89. The van der Waals surface area contributed by atoms with Crippen LogP contribution in [0.3, 0.4) is 0 Å². The average Bonchev–Trinajstić information content (AvgIpc) is 3.28. The van der Waals surface area contributed by atoms with E-state index in [0.29, 0.717) is 13.1 Å². The Balaban J connectivity index is 1.56. The molecule has 0 atom stereocenters. The van der Waals surface area contributed by atoms with Crippen LogP contribution >= 0.6 is 0 Å². The highest BCUT2D eigenvalue weighted by Crippen LogP contribution is 2.21. The van der Waals surface area contributed by atoms with Crippen molar-refractivity contribution in [1.82, 2.24) is 4.31 Å². The van der Waals surface area contributed by atoms with Crippen LogP contribution in [0.15, 0.2) is 53.4 Å². The molecule has 1 amide bonds. The predicted octanol–water partition coefficient (Wildman–Crippen LogP) is 2.17. The molecule has 1 aliphatic heterocycles. The van der Waals surface area contributed by atoms with Crippen molar-refractivity contribution < 1.29 is 27.7 Å². The molecule has 2 aromatic carbocycles. The highest BCUT2D eigenvalue weighted by Gasteiger charge is 2.27. The second-order valence-corrected chi connectivity index (χ2v) is 8.51. The Bertz CT molecular complexity index is 1060. The van der Waals surface area contributed by atoms with Gasteiger partial charge in [-0.15, -0.1) is 0 Å². The molecule has 0 spiro atoms. The van der Waals surface area contributed by atoms with E-state index >= 15 is 0 Å². The van der Waals surface area contributed by atoms with Gasteiger partial charge in [-0.25, -0.2) is 13.2 Å². The van der Waals surface area contributed by atoms with Crippen molar-refractivity contribution in [2.75, 3.05) is 25.0 Å². The van der Waals surface area contributed by atoms with E-state index in [9.17, 15) is 28.1 Å². The lowest BCUT2D eigenvalue weighted by atomic mass is 10.2. The second kappa shape index (κ2) is 9.01. The monoisotopic (exact) mass is 433 g/mol. The number of carbonyl (C=O) groups is 2. The first-order valence-electron chi connectivity index (χ1n) is 9.09. The van der Waals surface area contributed by atoms with Crippen LogP contribution < -0.4 is 5.32 Å². The number of amides is 1. The topological polar surface area (TPSA) is 136 Å². The molecule has 0 aromatic heterocycles. The zero-order valence-electron chi connectivity index (χ0n) is 15.8. The number of ether oxygens (including phenoxy) is 1. The summed E-state index contributed by atoms with van der Waals surface area (Å²) in [6.07, 6.45) is 1.64. The number of nitrogens with one attached hydrogen (secondary N) is 1. The first-order chi connectivity index (χ1) is 14.3. The molecule has 11 heteroatoms. The van der Waals surface area contributed by atoms with Crippen LogP contribution in [0.1, 0.15) is 23.2 Å². The maximum Gasteiger partial charge on any atom is 0.338 e. The molecular formula is C19H19N3O7S. The van der Waals surface area contributed by atoms with Crippen molar-refractivity contribution in [3.05, 3.63) is 64.2 Å². The van der Waals surface area contributed by atoms with E-state index in [1.807, 2.05) is 0 Å². The van der Waals surface area contributed by atoms with E-state index in [1.165, 1.54) is 52.8 Å². The molecule has 0 aliphatic carbocycles. The van der Waals surface area contributed by atoms with E-state index in [4.69, 9.17) is 4.74 Å². The molecule has 1 N–H and O–H groups in total. The summed E-state index contributed by atoms with van der Waals surface area (Å²) in [6.45, 7) is 0.354. The van der Waals surface area contributed by atoms with Crippen LogP contribution in [-0.4, -0.2) is 49.2 Å². The van der Waals surface area contributed by atoms with Gasteiger partial charge in [-0.2, -0.15) is 4.31 Å². The zero-order valence-corrected chi connectivity index (χ0v) is 16.6. The van der Waals surface area contributed by atoms with Crippen molar-refractivity contribution in [3.63, 3.8) is 0 Å². The fourth-order valence-electron chi connectivity index (χ4n) is 2.95. The number of benzene rings is 2. The molecule has 158 valence electrons. The Hall–Kier alpha value is -3.31. The summed E-state index contributed by atoms with van der Waals surface area (Å²) in [5.41, 5.74) is 0.106. The minimum atomic E-state index is -3.58. The molecular weight excluding hydrogens is 414 g/mol. The smallest absolute Gasteiger partial charge is 0.338 e. The molecule has 1 aliphatic rings. The summed E-state index contributed by atoms with van der Waals surface area (Å²) in [7, 11) is -3.58. The lowest BCUT2D eigenvalue weighted by molar-refractivity contribution is -0.384. The van der Waals surface area contributed by atoms with Gasteiger partial charge in [-0.05, 0) is 43.2 Å². The predicted molar refractivity (Wildman–Crippen MR) is 106 cm³/mol. The molecule has 10 nitrogen and oxygen atoms in total. The molecule has 1 fully saturated rings. The van der Waals surface area contributed by atoms with Crippen LogP contribution in [0.2, 0.25) is 0 Å². The van der Waals surface area contributed by atoms with Crippen LogP contribution in [-0.2, 0) is 19.6 Å². The van der Waals surface area contributed by atoms with E-state index in [1.54, 1.807) is 0 Å². The number of nitrogens with zero attached hydrogens (tertiary/aromatic N) is 2. The third-order valence-corrected chi connectivity index (χ3v) is 6.38. The normalized spacial score (nSPS) is 14.3. The standard InChI is InChI=1S/C19H19N3O7S/c23-18(20-15-4-3-5-16(12-15)22(25)26)13-29-19(24)14-6-8-17(9-7-14)30(27,28)21-10-1-2-11-21/h3-9,12H,1-2,10-11,13H2,(H,20,23). The van der Waals surface area contributed by atoms with Gasteiger partial charge in [-0.1, -0.05) is 6.07 Å². The number of hydrogen-bond donors (Lipinski definition) is 1. The lowest BCUT2D eigenvalue weighted by Gasteiger charge is -2.15. The lowest BCUT2D eigenvalue weighted by Crippen LogP contribution is -2.27. The molecule has 0 saturated carbocycles. The largest absolute Gasteiger partial charge is 0.452 e. The molecule has 1 saturated heterocycles. The van der Waals surface area contributed by atoms with Gasteiger partial charge >= 0.3 is 5.97 Å². The summed E-state index contributed by atoms with van der Waals surface area (Å²) in [6, 6.07) is 10.6. The molecule has 2 aromatic rings. The summed E-state index contributed by atoms with van der Waals surface area (Å²) in [4.78, 5) is 34.3. The fraction of sp³-hybridized carbons (Fsp3) is 0.263. The summed E-state index contributed by atoms with van der Waals surface area (Å²) in [5.74, 6) is -1.47. The highest BCUT2D eigenvalue weighted by atomic mass is 32.2. The van der Waals surface area contributed by atoms with E-state index in [2.05, 4.69) is 5.32 Å². The minimum absolute atomic E-state index is 0.0874. The second-order valence-electron chi connectivity index (χ2n) is 6.57. The van der Waals surface area contributed by atoms with Crippen LogP contribution in [0.4, 0.5) is 11.4 Å². The number of rotatable bonds is 7. The minimum Gasteiger partial charge on any atom is -0.452 e. The van der Waals surface area contributed by atoms with Gasteiger partial charge in [0, 0.05) is 30.9 Å². The Morgan fingerprint density at radius 1 is 1.10 bits per heavy atom. The molecule has 0 radical (unpaired) electrons. The van der Waals surface area contributed by atoms with Gasteiger partial charge in [0.25, 0.3) is 11.6 Å². The van der Waals surface area contributed by atoms with Gasteiger partial charge in [0.2, 0.25) is 10.0 Å². The Labute approximate surface area is 172 Å². The number of sulfonamides is 1. The van der Waals surface area contributed by atoms with Gasteiger partial charge in [0.05, 0.1) is 15.4 Å². The fourth-order valence-corrected chi connectivity index (χ4v) is 4.47. The molecule has 30 heavy (non-hydrogen) atoms. The van der Waals surface area contributed by atoms with Crippen molar-refractivity contribution in [1.29, 1.82) is 0 Å². The number of esters is 1. The number of hydrogen-bond acceptors (Lipinski definition) is 7. The SMILES string of the molecule is O=C(COC(=O)c1ccc(S(=O)(=O)N2CCCC2)cc1)Nc1cccc([N+](=O)[O-])c1. The van der Waals surface area contributed by atoms with Crippen molar-refractivity contribution >= 4 is 33.3 Å². The van der Waals surface area contributed by atoms with Crippen LogP contribution in [0.5, 0.6) is 0 Å². The summed E-state index contributed by atoms with van der Waals surface area (Å²) >= 11 is 0. The number of carbonyl (C=O) groups excluding carboxylic acids is 2. The Kier molecular flexibility index (Phi) is 6.43. The van der Waals surface area contributed by atoms with Crippen LogP contribution in [0, 0.1) is 10.1 Å².